The van der Waals surface area contributed by atoms with Crippen LogP contribution in [0.5, 0.6) is 0 Å². The van der Waals surface area contributed by atoms with Gasteiger partial charge in [-0.25, -0.2) is 0 Å². The molecule has 4 heterocycles. The zero-order valence-corrected chi connectivity index (χ0v) is 35.3. The summed E-state index contributed by atoms with van der Waals surface area (Å²) in [6.45, 7) is 10.4. The highest BCUT2D eigenvalue weighted by molar-refractivity contribution is 5.70. The predicted octanol–water partition coefficient (Wildman–Crippen LogP) is 2.34. The number of aliphatic hydroxyl groups excluding tert-OH is 3. The number of aldehydes is 1. The molecule has 2 bridgehead atoms. The largest absolute Gasteiger partial charge is 0.463 e. The molecule has 2 saturated heterocycles. The number of fused-ring (bicyclic) bond motifs is 11. The van der Waals surface area contributed by atoms with Crippen molar-refractivity contribution in [3.05, 3.63) is 23.8 Å². The average molecular weight is 823 g/mol. The van der Waals surface area contributed by atoms with Gasteiger partial charge in [-0.3, -0.25) is 9.59 Å². The van der Waals surface area contributed by atoms with Crippen LogP contribution in [0.25, 0.3) is 0 Å². The standard InChI is InChI=1S/C42H66N2O14/c1-10-11-31(47)56-40-25(5)54-33(20-42(40,6)51)57-38-24(4)55-41(36(50)34(38)44(7)8)58-37-22(2)16-27(14-15-45)35(49)29-13-12-26(18-28(29)21-43)17-23(3)53-32(48)19-30(46)39(37)52-9/h12-13,15,18,22-27,29-30,33-41,46,49-51H,10-11,14,16-17,19-20H2,1-9H3/t22-,23+,24+,25-,26?,27+,29?,30-,33-,34+,35+,36+,37-,38+,39+,40-,41-,42+/m0/s1. The predicted molar refractivity (Wildman–Crippen MR) is 207 cm³/mol. The van der Waals surface area contributed by atoms with Gasteiger partial charge >= 0.3 is 11.9 Å². The molecule has 1 aliphatic carbocycles. The lowest BCUT2D eigenvalue weighted by molar-refractivity contribution is -0.344. The van der Waals surface area contributed by atoms with Crippen LogP contribution in [0.3, 0.4) is 0 Å². The van der Waals surface area contributed by atoms with E-state index in [9.17, 15) is 40.1 Å². The lowest BCUT2D eigenvalue weighted by Gasteiger charge is -2.50. The highest BCUT2D eigenvalue weighted by Crippen LogP contribution is 2.39. The summed E-state index contributed by atoms with van der Waals surface area (Å²) in [6, 6.07) is 1.44. The number of carbonyl (C=O) groups excluding carboxylic acids is 3. The first-order valence-electron chi connectivity index (χ1n) is 20.6. The van der Waals surface area contributed by atoms with Gasteiger partial charge in [-0.05, 0) is 78.8 Å². The molecule has 58 heavy (non-hydrogen) atoms. The lowest BCUT2D eigenvalue weighted by atomic mass is 9.75. The molecule has 2 fully saturated rings. The van der Waals surface area contributed by atoms with Gasteiger partial charge in [0.1, 0.15) is 30.2 Å². The van der Waals surface area contributed by atoms with Crippen molar-refractivity contribution in [1.29, 1.82) is 5.26 Å². The first-order chi connectivity index (χ1) is 27.3. The Morgan fingerprint density at radius 1 is 1.03 bits per heavy atom. The van der Waals surface area contributed by atoms with E-state index >= 15 is 0 Å². The van der Waals surface area contributed by atoms with E-state index in [1.165, 1.54) is 7.11 Å². The SMILES string of the molecule is CCCC(=O)O[C@H]1[C@H](C)O[C@@H](O[C@H]2[C@H](N(C)C)[C@@H](O)[C@H](O[C@@H]3[C@H](OC)[C@@H](O)CC(=O)O[C@H](C)CC4C=CC(C(C#N)=C4)[C@H](O)[C@H](CC=O)C[C@@H]3C)O[C@@H]2C)C[C@@]1(C)O. The van der Waals surface area contributed by atoms with Crippen LogP contribution in [-0.4, -0.2) is 150 Å². The van der Waals surface area contributed by atoms with Gasteiger partial charge in [-0.2, -0.15) is 5.26 Å². The summed E-state index contributed by atoms with van der Waals surface area (Å²) >= 11 is 0. The highest BCUT2D eigenvalue weighted by atomic mass is 16.7. The summed E-state index contributed by atoms with van der Waals surface area (Å²) in [7, 11) is 4.87. The number of rotatable bonds is 11. The van der Waals surface area contributed by atoms with Crippen molar-refractivity contribution in [2.24, 2.45) is 23.7 Å². The molecule has 5 rings (SSSR count). The fraction of sp³-hybridized carbons (Fsp3) is 0.810. The number of aliphatic hydroxyl groups is 4. The summed E-state index contributed by atoms with van der Waals surface area (Å²) in [5, 5.41) is 56.7. The monoisotopic (exact) mass is 822 g/mol. The highest BCUT2D eigenvalue weighted by Gasteiger charge is 2.52. The number of hydrogen-bond donors (Lipinski definition) is 4. The van der Waals surface area contributed by atoms with Gasteiger partial charge in [-0.1, -0.05) is 32.1 Å². The molecular weight excluding hydrogens is 756 g/mol. The summed E-state index contributed by atoms with van der Waals surface area (Å²) in [6.07, 6.45) is -5.29. The average Bonchev–Trinajstić information content (AvgIpc) is 3.13. The Bertz CT molecular complexity index is 1480. The zero-order chi connectivity index (χ0) is 43.1. The van der Waals surface area contributed by atoms with E-state index in [1.807, 2.05) is 13.0 Å². The van der Waals surface area contributed by atoms with Gasteiger partial charge in [-0.15, -0.1) is 0 Å². The van der Waals surface area contributed by atoms with Gasteiger partial charge in [0.15, 0.2) is 18.7 Å². The van der Waals surface area contributed by atoms with E-state index in [0.29, 0.717) is 24.7 Å². The molecule has 328 valence electrons. The van der Waals surface area contributed by atoms with Crippen molar-refractivity contribution in [1.82, 2.24) is 4.90 Å². The van der Waals surface area contributed by atoms with Crippen molar-refractivity contribution in [2.75, 3.05) is 21.2 Å². The van der Waals surface area contributed by atoms with Gasteiger partial charge in [0.2, 0.25) is 0 Å². The Morgan fingerprint density at radius 2 is 1.74 bits per heavy atom. The molecule has 4 aliphatic heterocycles. The van der Waals surface area contributed by atoms with Crippen LogP contribution in [0, 0.1) is 35.0 Å². The third-order valence-corrected chi connectivity index (χ3v) is 11.9. The molecule has 0 saturated carbocycles. The van der Waals surface area contributed by atoms with E-state index in [1.54, 1.807) is 65.8 Å². The second-order valence-electron chi connectivity index (χ2n) is 17.0. The number of esters is 2. The molecule has 0 radical (unpaired) electrons. The Balaban J connectivity index is 1.62. The molecule has 0 spiro atoms. The minimum atomic E-state index is -1.49. The minimum absolute atomic E-state index is 0.0355. The smallest absolute Gasteiger partial charge is 0.308 e. The van der Waals surface area contributed by atoms with Gasteiger partial charge in [0, 0.05) is 37.9 Å². The van der Waals surface area contributed by atoms with Crippen LogP contribution in [-0.2, 0) is 47.5 Å². The number of allylic oxidation sites excluding steroid dienone is 2. The molecule has 0 aromatic rings. The van der Waals surface area contributed by atoms with Crippen LogP contribution < -0.4 is 0 Å². The van der Waals surface area contributed by atoms with Gasteiger partial charge in [0.05, 0.1) is 55.2 Å². The maximum absolute atomic E-state index is 13.1. The second-order valence-corrected chi connectivity index (χ2v) is 17.0. The number of nitriles is 1. The normalized spacial score (nSPS) is 42.9. The Morgan fingerprint density at radius 3 is 2.34 bits per heavy atom. The summed E-state index contributed by atoms with van der Waals surface area (Å²) in [5.74, 6) is -3.26. The number of nitrogens with zero attached hydrogens (tertiary/aromatic N) is 2. The number of likely N-dealkylation sites (N-methyl/N-ethyl adjacent to an activating group) is 1. The van der Waals surface area contributed by atoms with Gasteiger partial charge < -0.3 is 63.3 Å². The second kappa shape index (κ2) is 21.1. The van der Waals surface area contributed by atoms with Crippen molar-refractivity contribution in [3.63, 3.8) is 0 Å². The molecule has 0 amide bonds. The van der Waals surface area contributed by atoms with E-state index in [2.05, 4.69) is 6.07 Å². The fourth-order valence-corrected chi connectivity index (χ4v) is 9.02. The van der Waals surface area contributed by atoms with Crippen LogP contribution >= 0.6 is 0 Å². The van der Waals surface area contributed by atoms with Crippen molar-refractivity contribution < 1.29 is 68.0 Å². The molecule has 0 aromatic heterocycles. The van der Waals surface area contributed by atoms with E-state index in [0.717, 1.165) is 0 Å². The van der Waals surface area contributed by atoms with Crippen LogP contribution in [0.2, 0.25) is 0 Å². The number of ether oxygens (including phenoxy) is 7. The molecular formula is C42H66N2O14. The van der Waals surface area contributed by atoms with Crippen molar-refractivity contribution >= 4 is 18.2 Å². The zero-order valence-electron chi connectivity index (χ0n) is 35.3. The fourth-order valence-electron chi connectivity index (χ4n) is 9.02. The quantitative estimate of drug-likeness (QED) is 0.133. The topological polar surface area (TPSA) is 224 Å². The van der Waals surface area contributed by atoms with Crippen LogP contribution in [0.15, 0.2) is 23.8 Å². The van der Waals surface area contributed by atoms with Crippen LogP contribution in [0.4, 0.5) is 0 Å². The molecule has 16 heteroatoms. The van der Waals surface area contributed by atoms with Crippen LogP contribution in [0.1, 0.15) is 86.5 Å². The lowest BCUT2D eigenvalue weighted by Crippen LogP contribution is -2.66. The summed E-state index contributed by atoms with van der Waals surface area (Å²) in [5.41, 5.74) is -1.14. The molecule has 5 aliphatic rings. The maximum Gasteiger partial charge on any atom is 0.308 e. The van der Waals surface area contributed by atoms with Crippen molar-refractivity contribution in [2.45, 2.75) is 172 Å². The number of carbonyl (C=O) groups is 3. The Kier molecular flexibility index (Phi) is 17.4. The maximum atomic E-state index is 13.1. The first kappa shape index (κ1) is 47.9. The van der Waals surface area contributed by atoms with E-state index < -0.39 is 121 Å². The van der Waals surface area contributed by atoms with Gasteiger partial charge in [0.25, 0.3) is 0 Å². The van der Waals surface area contributed by atoms with E-state index in [-0.39, 0.29) is 31.6 Å². The molecule has 4 N–H and O–H groups in total. The Labute approximate surface area is 342 Å². The van der Waals surface area contributed by atoms with Crippen molar-refractivity contribution in [3.8, 4) is 6.07 Å². The summed E-state index contributed by atoms with van der Waals surface area (Å²) < 4.78 is 42.6. The number of hydrogen-bond acceptors (Lipinski definition) is 16. The minimum Gasteiger partial charge on any atom is -0.463 e. The molecule has 2 unspecified atom stereocenters. The summed E-state index contributed by atoms with van der Waals surface area (Å²) in [4.78, 5) is 39.2. The first-order valence-corrected chi connectivity index (χ1v) is 20.6. The third-order valence-electron chi connectivity index (χ3n) is 11.9. The number of methoxy groups -OCH3 is 1. The Hall–Kier alpha value is -2.82. The molecule has 18 atom stereocenters. The van der Waals surface area contributed by atoms with E-state index in [4.69, 9.17) is 33.2 Å². The molecule has 16 nitrogen and oxygen atoms in total. The molecule has 0 aromatic carbocycles. The third kappa shape index (κ3) is 11.7.